The minimum atomic E-state index is -0.540. The van der Waals surface area contributed by atoms with Gasteiger partial charge in [-0.3, -0.25) is 19.4 Å². The van der Waals surface area contributed by atoms with Crippen molar-refractivity contribution in [2.24, 2.45) is 0 Å². The highest BCUT2D eigenvalue weighted by molar-refractivity contribution is 5.75. The van der Waals surface area contributed by atoms with Crippen LogP contribution in [0, 0.1) is 25.2 Å². The van der Waals surface area contributed by atoms with E-state index < -0.39 is 18.1 Å². The van der Waals surface area contributed by atoms with Gasteiger partial charge in [0.1, 0.15) is 11.8 Å². The van der Waals surface area contributed by atoms with Crippen molar-refractivity contribution in [3.8, 4) is 34.8 Å². The highest BCUT2D eigenvalue weighted by Gasteiger charge is 2.56. The lowest BCUT2D eigenvalue weighted by Gasteiger charge is -2.60. The molecular formula is C30H34N4O7. The van der Waals surface area contributed by atoms with Gasteiger partial charge in [-0.1, -0.05) is 6.07 Å². The Kier molecular flexibility index (Phi) is 6.51. The van der Waals surface area contributed by atoms with E-state index in [1.54, 1.807) is 7.11 Å². The van der Waals surface area contributed by atoms with E-state index in [9.17, 15) is 20.0 Å². The first-order chi connectivity index (χ1) is 19.6. The molecule has 2 aromatic carbocycles. The van der Waals surface area contributed by atoms with Crippen LogP contribution in [0.1, 0.15) is 59.3 Å². The number of carbonyl (C=O) groups excluding carboxylic acids is 2. The van der Waals surface area contributed by atoms with E-state index >= 15 is 0 Å². The van der Waals surface area contributed by atoms with Crippen LogP contribution < -0.4 is 24.3 Å². The average Bonchev–Trinajstić information content (AvgIpc) is 3.40. The van der Waals surface area contributed by atoms with Crippen LogP contribution in [0.15, 0.2) is 6.07 Å². The van der Waals surface area contributed by atoms with Crippen molar-refractivity contribution in [1.29, 1.82) is 5.26 Å². The predicted molar refractivity (Wildman–Crippen MR) is 146 cm³/mol. The van der Waals surface area contributed by atoms with E-state index in [1.165, 1.54) is 13.8 Å². The summed E-state index contributed by atoms with van der Waals surface area (Å²) in [5.74, 6) is 1.30. The molecule has 2 aromatic rings. The van der Waals surface area contributed by atoms with Crippen molar-refractivity contribution in [1.82, 2.24) is 15.1 Å². The Balaban J connectivity index is 1.63. The average molecular weight is 563 g/mol. The molecule has 0 saturated carbocycles. The topological polar surface area (TPSA) is 134 Å². The van der Waals surface area contributed by atoms with Crippen LogP contribution in [0.4, 0.5) is 0 Å². The molecule has 1 saturated heterocycles. The zero-order chi connectivity index (χ0) is 29.3. The van der Waals surface area contributed by atoms with E-state index in [-0.39, 0.29) is 43.1 Å². The largest absolute Gasteiger partial charge is 0.504 e. The summed E-state index contributed by atoms with van der Waals surface area (Å²) in [5, 5.41) is 25.2. The van der Waals surface area contributed by atoms with E-state index in [4.69, 9.17) is 18.9 Å². The molecule has 2 N–H and O–H groups in total. The lowest BCUT2D eigenvalue weighted by Crippen LogP contribution is -2.68. The molecule has 2 bridgehead atoms. The zero-order valence-corrected chi connectivity index (χ0v) is 24.0. The van der Waals surface area contributed by atoms with Crippen molar-refractivity contribution >= 4 is 11.9 Å². The molecule has 0 aliphatic carbocycles. The minimum Gasteiger partial charge on any atom is -0.504 e. The number of phenolic OH excluding ortho intramolecular Hbond substituents is 1. The van der Waals surface area contributed by atoms with Gasteiger partial charge in [0.2, 0.25) is 12.7 Å². The quantitative estimate of drug-likeness (QED) is 0.423. The fraction of sp³-hybridized carbons (Fsp3) is 0.500. The zero-order valence-electron chi connectivity index (χ0n) is 24.0. The van der Waals surface area contributed by atoms with E-state index in [1.807, 2.05) is 27.0 Å². The SMILES string of the molecule is COc1c(C)cc2c(c1O)[C@@H]1C3Cc4c(OC(C)=O)c(C)c5c(c4[C@H](CNC(C)=O)N3C(C#N)C(C2)N1C)OCO5. The molecular weight excluding hydrogens is 528 g/mol. The van der Waals surface area contributed by atoms with Crippen LogP contribution in [0.25, 0.3) is 0 Å². The number of nitrogens with zero attached hydrogens (tertiary/aromatic N) is 3. The maximum atomic E-state index is 12.3. The molecule has 0 aromatic heterocycles. The van der Waals surface area contributed by atoms with Gasteiger partial charge in [0.05, 0.1) is 25.3 Å². The molecule has 6 rings (SSSR count). The maximum absolute atomic E-state index is 12.3. The molecule has 11 heteroatoms. The van der Waals surface area contributed by atoms with E-state index in [2.05, 4.69) is 21.2 Å². The fourth-order valence-electron chi connectivity index (χ4n) is 7.55. The normalized spacial score (nSPS) is 25.8. The molecule has 0 spiro atoms. The number of benzene rings is 2. The summed E-state index contributed by atoms with van der Waals surface area (Å²) in [4.78, 5) is 28.8. The van der Waals surface area contributed by atoms with Crippen molar-refractivity contribution in [3.05, 3.63) is 39.4 Å². The summed E-state index contributed by atoms with van der Waals surface area (Å²) in [6.45, 7) is 6.76. The Morgan fingerprint density at radius 3 is 2.54 bits per heavy atom. The number of hydrogen-bond acceptors (Lipinski definition) is 10. The number of methoxy groups -OCH3 is 1. The molecule has 4 aliphatic rings. The number of ether oxygens (including phenoxy) is 4. The fourth-order valence-corrected chi connectivity index (χ4v) is 7.55. The van der Waals surface area contributed by atoms with Crippen LogP contribution in [0.3, 0.4) is 0 Å². The van der Waals surface area contributed by atoms with Gasteiger partial charge in [-0.25, -0.2) is 0 Å². The number of rotatable bonds is 4. The summed E-state index contributed by atoms with van der Waals surface area (Å²) in [5.41, 5.74) is 4.76. The second kappa shape index (κ2) is 9.82. The molecule has 1 amide bonds. The molecule has 4 aliphatic heterocycles. The number of amides is 1. The van der Waals surface area contributed by atoms with Crippen molar-refractivity contribution in [3.63, 3.8) is 0 Å². The second-order valence-corrected chi connectivity index (χ2v) is 11.3. The van der Waals surface area contributed by atoms with Crippen LogP contribution in [0.5, 0.6) is 28.7 Å². The van der Waals surface area contributed by atoms with Crippen LogP contribution in [0.2, 0.25) is 0 Å². The first-order valence-electron chi connectivity index (χ1n) is 13.7. The van der Waals surface area contributed by atoms with Crippen LogP contribution >= 0.6 is 0 Å². The maximum Gasteiger partial charge on any atom is 0.308 e. The van der Waals surface area contributed by atoms with Gasteiger partial charge in [-0.05, 0) is 44.9 Å². The summed E-state index contributed by atoms with van der Waals surface area (Å²) < 4.78 is 23.3. The van der Waals surface area contributed by atoms with Gasteiger partial charge in [0, 0.05) is 54.7 Å². The molecule has 5 atom stereocenters. The summed E-state index contributed by atoms with van der Waals surface area (Å²) >= 11 is 0. The van der Waals surface area contributed by atoms with Gasteiger partial charge in [0.15, 0.2) is 23.0 Å². The number of likely N-dealkylation sites (N-methyl/N-ethyl adjacent to an activating group) is 1. The predicted octanol–water partition coefficient (Wildman–Crippen LogP) is 2.58. The Morgan fingerprint density at radius 1 is 1.15 bits per heavy atom. The van der Waals surface area contributed by atoms with E-state index in [0.29, 0.717) is 41.4 Å². The lowest BCUT2D eigenvalue weighted by atomic mass is 9.71. The molecule has 216 valence electrons. The third-order valence-corrected chi connectivity index (χ3v) is 9.06. The molecule has 41 heavy (non-hydrogen) atoms. The van der Waals surface area contributed by atoms with Gasteiger partial charge in [-0.15, -0.1) is 0 Å². The minimum absolute atomic E-state index is 0.0124. The Labute approximate surface area is 238 Å². The Hall–Kier alpha value is -4.01. The van der Waals surface area contributed by atoms with Gasteiger partial charge in [0.25, 0.3) is 0 Å². The van der Waals surface area contributed by atoms with Crippen molar-refractivity contribution in [2.75, 3.05) is 27.5 Å². The number of esters is 1. The summed E-state index contributed by atoms with van der Waals surface area (Å²) in [6.07, 6.45) is 0.965. The second-order valence-electron chi connectivity index (χ2n) is 11.3. The number of carbonyl (C=O) groups is 2. The molecule has 11 nitrogen and oxygen atoms in total. The van der Waals surface area contributed by atoms with Crippen molar-refractivity contribution in [2.45, 2.75) is 70.7 Å². The van der Waals surface area contributed by atoms with Crippen LogP contribution in [-0.2, 0) is 22.4 Å². The van der Waals surface area contributed by atoms with Crippen molar-refractivity contribution < 1.29 is 33.6 Å². The highest BCUT2D eigenvalue weighted by Crippen LogP contribution is 2.58. The third kappa shape index (κ3) is 3.92. The molecule has 1 fully saturated rings. The monoisotopic (exact) mass is 562 g/mol. The van der Waals surface area contributed by atoms with Gasteiger partial charge in [-0.2, -0.15) is 5.26 Å². The highest BCUT2D eigenvalue weighted by atomic mass is 16.7. The van der Waals surface area contributed by atoms with Gasteiger partial charge < -0.3 is 29.4 Å². The Morgan fingerprint density at radius 2 is 1.88 bits per heavy atom. The molecule has 4 heterocycles. The van der Waals surface area contributed by atoms with Crippen LogP contribution in [-0.4, -0.2) is 72.4 Å². The number of nitrogens with one attached hydrogen (secondary N) is 1. The number of hydrogen-bond donors (Lipinski definition) is 2. The first-order valence-corrected chi connectivity index (χ1v) is 13.7. The number of phenols is 1. The number of fused-ring (bicyclic) bond motifs is 9. The summed E-state index contributed by atoms with van der Waals surface area (Å²) in [7, 11) is 3.53. The third-order valence-electron chi connectivity index (χ3n) is 9.06. The first kappa shape index (κ1) is 27.2. The van der Waals surface area contributed by atoms with Gasteiger partial charge >= 0.3 is 5.97 Å². The number of aromatic hydroxyl groups is 1. The standard InChI is InChI=1S/C30H34N4O7/c1-13-7-17-8-19-21(10-31)34-20(25(33(19)5)23(17)26(37)27(13)38-6)9-18-24(22(34)11-32-15(3)35)30-29(39-12-40-30)14(2)28(18)41-16(4)36/h7,19-22,25,37H,8-9,11-12H2,1-6H3,(H,32,35)/t19?,20?,21?,22-,25-/m0/s1. The summed E-state index contributed by atoms with van der Waals surface area (Å²) in [6, 6.07) is 2.78. The molecule has 3 unspecified atom stereocenters. The smallest absolute Gasteiger partial charge is 0.308 e. The lowest BCUT2D eigenvalue weighted by molar-refractivity contribution is -0.132. The van der Waals surface area contributed by atoms with E-state index in [0.717, 1.165) is 27.8 Å². The Bertz CT molecular complexity index is 1520. The number of aryl methyl sites for hydroxylation is 1. The number of nitriles is 1. The number of piperazine rings is 1. The molecule has 0 radical (unpaired) electrons.